The Labute approximate surface area is 168 Å². The van der Waals surface area contributed by atoms with Crippen molar-refractivity contribution in [2.24, 2.45) is 12.8 Å². The molecule has 29 heavy (non-hydrogen) atoms. The lowest BCUT2D eigenvalue weighted by atomic mass is 10.0. The molecule has 0 aliphatic carbocycles. The van der Waals surface area contributed by atoms with Crippen molar-refractivity contribution in [3.8, 4) is 11.1 Å². The van der Waals surface area contributed by atoms with Crippen LogP contribution in [-0.2, 0) is 24.8 Å². The molecule has 0 atom stereocenters. The van der Waals surface area contributed by atoms with Gasteiger partial charge in [0.25, 0.3) is 0 Å². The first kappa shape index (κ1) is 18.7. The Morgan fingerprint density at radius 1 is 1.07 bits per heavy atom. The lowest BCUT2D eigenvalue weighted by Gasteiger charge is -2.09. The van der Waals surface area contributed by atoms with E-state index in [9.17, 15) is 9.90 Å². The van der Waals surface area contributed by atoms with Gasteiger partial charge < -0.3 is 16.2 Å². The third-order valence-electron chi connectivity index (χ3n) is 4.96. The van der Waals surface area contributed by atoms with Crippen molar-refractivity contribution in [2.45, 2.75) is 13.0 Å². The van der Waals surface area contributed by atoms with Crippen LogP contribution in [0.4, 0.5) is 11.5 Å². The summed E-state index contributed by atoms with van der Waals surface area (Å²) in [5, 5.41) is 18.1. The minimum absolute atomic E-state index is 0.0505. The first-order valence-electron chi connectivity index (χ1n) is 9.38. The molecule has 1 heterocycles. The van der Waals surface area contributed by atoms with Gasteiger partial charge >= 0.3 is 5.97 Å². The normalized spacial score (nSPS) is 11.0. The Kier molecular flexibility index (Phi) is 5.01. The summed E-state index contributed by atoms with van der Waals surface area (Å²) in [6.07, 6.45) is -0.0505. The largest absolute Gasteiger partial charge is 0.481 e. The van der Waals surface area contributed by atoms with Crippen molar-refractivity contribution in [2.75, 3.05) is 5.32 Å². The number of aryl methyl sites for hydroxylation is 1. The Hall–Kier alpha value is -3.64. The molecule has 146 valence electrons. The number of carbonyl (C=O) groups is 1. The number of hydrogen-bond donors (Lipinski definition) is 3. The number of aliphatic carboxylic acids is 1. The maximum atomic E-state index is 11.2. The second-order valence-corrected chi connectivity index (χ2v) is 6.96. The highest BCUT2D eigenvalue weighted by Crippen LogP contribution is 2.31. The molecule has 4 aromatic rings. The van der Waals surface area contributed by atoms with Crippen molar-refractivity contribution in [1.29, 1.82) is 0 Å². The fraction of sp³-hybridized carbons (Fsp3) is 0.130. The summed E-state index contributed by atoms with van der Waals surface area (Å²) in [7, 11) is 1.89. The van der Waals surface area contributed by atoms with Crippen LogP contribution in [0.2, 0.25) is 0 Å². The first-order chi connectivity index (χ1) is 14.0. The van der Waals surface area contributed by atoms with E-state index in [2.05, 4.69) is 34.7 Å². The van der Waals surface area contributed by atoms with Crippen molar-refractivity contribution in [3.05, 3.63) is 77.9 Å². The van der Waals surface area contributed by atoms with E-state index in [1.54, 1.807) is 0 Å². The average Bonchev–Trinajstić information content (AvgIpc) is 3.04. The highest BCUT2D eigenvalue weighted by molar-refractivity contribution is 5.95. The van der Waals surface area contributed by atoms with Crippen LogP contribution in [0.1, 0.15) is 11.1 Å². The van der Waals surface area contributed by atoms with Gasteiger partial charge in [-0.25, -0.2) is 0 Å². The maximum absolute atomic E-state index is 11.2. The number of anilines is 2. The summed E-state index contributed by atoms with van der Waals surface area (Å²) < 4.78 is 1.82. The predicted octanol–water partition coefficient (Wildman–Crippen LogP) is 4.07. The zero-order valence-corrected chi connectivity index (χ0v) is 16.1. The van der Waals surface area contributed by atoms with Crippen molar-refractivity contribution >= 4 is 28.4 Å². The Morgan fingerprint density at radius 3 is 2.66 bits per heavy atom. The monoisotopic (exact) mass is 386 g/mol. The van der Waals surface area contributed by atoms with Crippen LogP contribution in [-0.4, -0.2) is 20.9 Å². The van der Waals surface area contributed by atoms with Crippen molar-refractivity contribution in [1.82, 2.24) is 9.78 Å². The van der Waals surface area contributed by atoms with E-state index in [1.807, 2.05) is 54.2 Å². The lowest BCUT2D eigenvalue weighted by Crippen LogP contribution is -2.04. The number of nitrogens with zero attached hydrogens (tertiary/aromatic N) is 2. The summed E-state index contributed by atoms with van der Waals surface area (Å²) in [6, 6.07) is 21.8. The van der Waals surface area contributed by atoms with Gasteiger partial charge in [-0.3, -0.25) is 9.48 Å². The van der Waals surface area contributed by atoms with Gasteiger partial charge in [-0.2, -0.15) is 5.10 Å². The van der Waals surface area contributed by atoms with Crippen molar-refractivity contribution < 1.29 is 9.90 Å². The van der Waals surface area contributed by atoms with Gasteiger partial charge in [0, 0.05) is 24.7 Å². The molecule has 0 saturated carbocycles. The molecule has 0 spiro atoms. The van der Waals surface area contributed by atoms with E-state index < -0.39 is 5.97 Å². The van der Waals surface area contributed by atoms with Crippen LogP contribution in [0, 0.1) is 0 Å². The second-order valence-electron chi connectivity index (χ2n) is 6.96. The van der Waals surface area contributed by atoms with Gasteiger partial charge in [0.05, 0.1) is 11.9 Å². The number of carboxylic acids is 1. The lowest BCUT2D eigenvalue weighted by molar-refractivity contribution is -0.136. The number of aromatic nitrogens is 2. The molecule has 0 radical (unpaired) electrons. The van der Waals surface area contributed by atoms with E-state index in [1.165, 1.54) is 0 Å². The molecular weight excluding hydrogens is 364 g/mol. The molecule has 6 nitrogen and oxygen atoms in total. The zero-order valence-electron chi connectivity index (χ0n) is 16.1. The average molecular weight is 386 g/mol. The van der Waals surface area contributed by atoms with Gasteiger partial charge in [0.15, 0.2) is 5.82 Å². The number of fused-ring (bicyclic) bond motifs is 1. The molecule has 3 aromatic carbocycles. The maximum Gasteiger partial charge on any atom is 0.307 e. The standard InChI is InChI=1S/C23H22N4O2/c1-27-21-10-9-17(16-7-4-5-15(11-16)14-24)12-19(21)23(26-27)25-20-8-3-2-6-18(20)13-22(28)29/h2-12H,13-14,24H2,1H3,(H,25,26)(H,28,29). The minimum Gasteiger partial charge on any atom is -0.481 e. The van der Waals surface area contributed by atoms with Crippen LogP contribution in [0.25, 0.3) is 22.0 Å². The molecule has 0 amide bonds. The number of nitrogens with two attached hydrogens (primary N) is 1. The smallest absolute Gasteiger partial charge is 0.307 e. The number of para-hydroxylation sites is 1. The topological polar surface area (TPSA) is 93.2 Å². The van der Waals surface area contributed by atoms with E-state index in [-0.39, 0.29) is 6.42 Å². The van der Waals surface area contributed by atoms with Gasteiger partial charge in [-0.1, -0.05) is 42.5 Å². The summed E-state index contributed by atoms with van der Waals surface area (Å²) in [4.78, 5) is 11.2. The van der Waals surface area contributed by atoms with Crippen molar-refractivity contribution in [3.63, 3.8) is 0 Å². The third-order valence-corrected chi connectivity index (χ3v) is 4.96. The van der Waals surface area contributed by atoms with Crippen LogP contribution in [0.5, 0.6) is 0 Å². The van der Waals surface area contributed by atoms with Crippen LogP contribution in [0.3, 0.4) is 0 Å². The van der Waals surface area contributed by atoms with E-state index >= 15 is 0 Å². The SMILES string of the molecule is Cn1nc(Nc2ccccc2CC(=O)O)c2cc(-c3cccc(CN)c3)ccc21. The fourth-order valence-corrected chi connectivity index (χ4v) is 3.50. The zero-order chi connectivity index (χ0) is 20.4. The van der Waals surface area contributed by atoms with Gasteiger partial charge in [-0.15, -0.1) is 0 Å². The van der Waals surface area contributed by atoms with Gasteiger partial charge in [-0.05, 0) is 46.5 Å². The molecule has 0 saturated heterocycles. The molecule has 6 heteroatoms. The van der Waals surface area contributed by atoms with E-state index in [0.717, 1.165) is 33.3 Å². The molecule has 0 unspecified atom stereocenters. The highest BCUT2D eigenvalue weighted by atomic mass is 16.4. The second kappa shape index (κ2) is 7.77. The van der Waals surface area contributed by atoms with E-state index in [4.69, 9.17) is 5.73 Å². The predicted molar refractivity (Wildman–Crippen MR) is 115 cm³/mol. The molecular formula is C23H22N4O2. The quantitative estimate of drug-likeness (QED) is 0.464. The number of rotatable bonds is 6. The molecule has 0 fully saturated rings. The molecule has 1 aromatic heterocycles. The minimum atomic E-state index is -0.868. The van der Waals surface area contributed by atoms with Gasteiger partial charge in [0.1, 0.15) is 0 Å². The first-order valence-corrected chi connectivity index (χ1v) is 9.38. The molecule has 0 aliphatic heterocycles. The number of hydrogen-bond acceptors (Lipinski definition) is 4. The molecule has 0 bridgehead atoms. The third kappa shape index (κ3) is 3.83. The van der Waals surface area contributed by atoms with E-state index in [0.29, 0.717) is 17.9 Å². The number of carboxylic acid groups (broad SMARTS) is 1. The van der Waals surface area contributed by atoms with Crippen LogP contribution >= 0.6 is 0 Å². The summed E-state index contributed by atoms with van der Waals surface area (Å²) >= 11 is 0. The van der Waals surface area contributed by atoms with Crippen LogP contribution in [0.15, 0.2) is 66.7 Å². The Balaban J connectivity index is 1.77. The number of nitrogens with one attached hydrogen (secondary N) is 1. The summed E-state index contributed by atoms with van der Waals surface area (Å²) in [6.45, 7) is 0.496. The molecule has 0 aliphatic rings. The molecule has 4 rings (SSSR count). The summed E-state index contributed by atoms with van der Waals surface area (Å²) in [5.74, 6) is -0.177. The van der Waals surface area contributed by atoms with Gasteiger partial charge in [0.2, 0.25) is 0 Å². The Morgan fingerprint density at radius 2 is 1.86 bits per heavy atom. The summed E-state index contributed by atoms with van der Waals surface area (Å²) in [5.41, 5.74) is 11.5. The molecule has 4 N–H and O–H groups in total. The van der Waals surface area contributed by atoms with Crippen LogP contribution < -0.4 is 11.1 Å². The highest BCUT2D eigenvalue weighted by Gasteiger charge is 2.13. The fourth-order valence-electron chi connectivity index (χ4n) is 3.50. The number of benzene rings is 3. The Bertz CT molecular complexity index is 1200.